The van der Waals surface area contributed by atoms with Gasteiger partial charge in [-0.05, 0) is 29.7 Å². The van der Waals surface area contributed by atoms with Gasteiger partial charge in [0.15, 0.2) is 0 Å². The molecule has 4 heteroatoms. The van der Waals surface area contributed by atoms with Crippen LogP contribution in [0.15, 0.2) is 54.6 Å². The third kappa shape index (κ3) is 2.68. The summed E-state index contributed by atoms with van der Waals surface area (Å²) in [6.07, 6.45) is 1.21. The van der Waals surface area contributed by atoms with Crippen molar-refractivity contribution in [3.05, 3.63) is 65.7 Å². The first-order valence-electron chi connectivity index (χ1n) is 8.43. The molecule has 2 heterocycles. The Morgan fingerprint density at radius 1 is 0.958 bits per heavy atom. The van der Waals surface area contributed by atoms with E-state index in [1.54, 1.807) is 4.90 Å². The predicted molar refractivity (Wildman–Crippen MR) is 92.5 cm³/mol. The summed E-state index contributed by atoms with van der Waals surface area (Å²) in [4.78, 5) is 28.9. The minimum Gasteiger partial charge on any atom is -0.338 e. The van der Waals surface area contributed by atoms with Crippen LogP contribution in [-0.4, -0.2) is 29.8 Å². The van der Waals surface area contributed by atoms with Crippen LogP contribution in [0.4, 0.5) is 5.69 Å². The SMILES string of the molecule is O=C([C@@H]1CC(=O)N(c2ccccc2)C1)N1CCc2ccccc2C1. The first kappa shape index (κ1) is 14.9. The Kier molecular flexibility index (Phi) is 3.81. The monoisotopic (exact) mass is 320 g/mol. The highest BCUT2D eigenvalue weighted by Gasteiger charge is 2.37. The van der Waals surface area contributed by atoms with E-state index < -0.39 is 0 Å². The van der Waals surface area contributed by atoms with Crippen molar-refractivity contribution in [2.75, 3.05) is 18.0 Å². The molecule has 2 amide bonds. The molecule has 2 aliphatic rings. The molecule has 2 aromatic carbocycles. The van der Waals surface area contributed by atoms with Gasteiger partial charge in [-0.1, -0.05) is 42.5 Å². The highest BCUT2D eigenvalue weighted by Crippen LogP contribution is 2.28. The normalized spacial score (nSPS) is 20.2. The molecule has 2 aliphatic heterocycles. The maximum atomic E-state index is 12.9. The molecule has 0 aliphatic carbocycles. The first-order chi connectivity index (χ1) is 11.7. The van der Waals surface area contributed by atoms with Crippen molar-refractivity contribution in [3.63, 3.8) is 0 Å². The van der Waals surface area contributed by atoms with Gasteiger partial charge in [0, 0.05) is 31.7 Å². The molecule has 1 fully saturated rings. The molecular weight excluding hydrogens is 300 g/mol. The van der Waals surface area contributed by atoms with Crippen molar-refractivity contribution >= 4 is 17.5 Å². The van der Waals surface area contributed by atoms with Gasteiger partial charge in [0.05, 0.1) is 5.92 Å². The van der Waals surface area contributed by atoms with E-state index in [1.165, 1.54) is 11.1 Å². The number of fused-ring (bicyclic) bond motifs is 1. The lowest BCUT2D eigenvalue weighted by Crippen LogP contribution is -2.40. The molecule has 2 aromatic rings. The van der Waals surface area contributed by atoms with Crippen molar-refractivity contribution in [2.45, 2.75) is 19.4 Å². The maximum Gasteiger partial charge on any atom is 0.228 e. The summed E-state index contributed by atoms with van der Waals surface area (Å²) in [7, 11) is 0. The Bertz CT molecular complexity index is 772. The Labute approximate surface area is 141 Å². The third-order valence-electron chi connectivity index (χ3n) is 4.98. The van der Waals surface area contributed by atoms with E-state index in [-0.39, 0.29) is 17.7 Å². The number of benzene rings is 2. The molecule has 0 radical (unpaired) electrons. The largest absolute Gasteiger partial charge is 0.338 e. The second kappa shape index (κ2) is 6.11. The Hall–Kier alpha value is -2.62. The summed E-state index contributed by atoms with van der Waals surface area (Å²) in [5.41, 5.74) is 3.43. The van der Waals surface area contributed by atoms with Crippen LogP contribution in [-0.2, 0) is 22.6 Å². The van der Waals surface area contributed by atoms with Crippen LogP contribution in [0.2, 0.25) is 0 Å². The van der Waals surface area contributed by atoms with E-state index in [0.717, 1.165) is 18.7 Å². The number of anilines is 1. The molecule has 0 spiro atoms. The molecule has 1 atom stereocenters. The fraction of sp³-hybridized carbons (Fsp3) is 0.300. The molecule has 0 unspecified atom stereocenters. The highest BCUT2D eigenvalue weighted by atomic mass is 16.2. The molecule has 0 N–H and O–H groups in total. The number of hydrogen-bond acceptors (Lipinski definition) is 2. The van der Waals surface area contributed by atoms with Crippen LogP contribution < -0.4 is 4.90 Å². The minimum absolute atomic E-state index is 0.0389. The van der Waals surface area contributed by atoms with Crippen molar-refractivity contribution in [1.29, 1.82) is 0 Å². The summed E-state index contributed by atoms with van der Waals surface area (Å²) < 4.78 is 0. The minimum atomic E-state index is -0.233. The molecule has 4 rings (SSSR count). The van der Waals surface area contributed by atoms with E-state index >= 15 is 0 Å². The second-order valence-corrected chi connectivity index (χ2v) is 6.52. The number of amides is 2. The van der Waals surface area contributed by atoms with Crippen molar-refractivity contribution in [3.8, 4) is 0 Å². The lowest BCUT2D eigenvalue weighted by molar-refractivity contribution is -0.136. The lowest BCUT2D eigenvalue weighted by atomic mass is 9.98. The molecule has 0 bridgehead atoms. The average molecular weight is 320 g/mol. The zero-order valence-electron chi connectivity index (χ0n) is 13.5. The number of nitrogens with zero attached hydrogens (tertiary/aromatic N) is 2. The van der Waals surface area contributed by atoms with Crippen LogP contribution in [0.5, 0.6) is 0 Å². The number of carbonyl (C=O) groups excluding carboxylic acids is 2. The van der Waals surface area contributed by atoms with Gasteiger partial charge in [-0.25, -0.2) is 0 Å². The van der Waals surface area contributed by atoms with Gasteiger partial charge in [-0.15, -0.1) is 0 Å². The maximum absolute atomic E-state index is 12.9. The van der Waals surface area contributed by atoms with E-state index in [0.29, 0.717) is 19.5 Å². The molecule has 122 valence electrons. The molecule has 0 saturated carbocycles. The summed E-state index contributed by atoms with van der Waals surface area (Å²) >= 11 is 0. The lowest BCUT2D eigenvalue weighted by Gasteiger charge is -2.30. The topological polar surface area (TPSA) is 40.6 Å². The number of carbonyl (C=O) groups is 2. The van der Waals surface area contributed by atoms with Gasteiger partial charge in [0.2, 0.25) is 11.8 Å². The Balaban J connectivity index is 1.47. The summed E-state index contributed by atoms with van der Waals surface area (Å²) in [6, 6.07) is 17.9. The second-order valence-electron chi connectivity index (χ2n) is 6.52. The standard InChI is InChI=1S/C20H20N2O2/c23-19-12-17(14-22(19)18-8-2-1-3-9-18)20(24)21-11-10-15-6-4-5-7-16(15)13-21/h1-9,17H,10-14H2/t17-/m1/s1. The quantitative estimate of drug-likeness (QED) is 0.853. The Morgan fingerprint density at radius 2 is 1.67 bits per heavy atom. The number of rotatable bonds is 2. The van der Waals surface area contributed by atoms with Gasteiger partial charge in [-0.3, -0.25) is 9.59 Å². The van der Waals surface area contributed by atoms with Crippen LogP contribution in [0, 0.1) is 5.92 Å². The van der Waals surface area contributed by atoms with Crippen LogP contribution in [0.1, 0.15) is 17.5 Å². The number of para-hydroxylation sites is 1. The Morgan fingerprint density at radius 3 is 2.46 bits per heavy atom. The fourth-order valence-corrected chi connectivity index (χ4v) is 3.67. The third-order valence-corrected chi connectivity index (χ3v) is 4.98. The van der Waals surface area contributed by atoms with Crippen LogP contribution in [0.3, 0.4) is 0 Å². The van der Waals surface area contributed by atoms with Gasteiger partial charge in [0.1, 0.15) is 0 Å². The molecular formula is C20H20N2O2. The highest BCUT2D eigenvalue weighted by molar-refractivity contribution is 6.00. The summed E-state index contributed by atoms with van der Waals surface area (Å²) in [5, 5.41) is 0. The van der Waals surface area contributed by atoms with Gasteiger partial charge >= 0.3 is 0 Å². The first-order valence-corrected chi connectivity index (χ1v) is 8.43. The van der Waals surface area contributed by atoms with Crippen molar-refractivity contribution < 1.29 is 9.59 Å². The number of hydrogen-bond donors (Lipinski definition) is 0. The van der Waals surface area contributed by atoms with Crippen LogP contribution >= 0.6 is 0 Å². The zero-order chi connectivity index (χ0) is 16.5. The molecule has 1 saturated heterocycles. The molecule has 24 heavy (non-hydrogen) atoms. The van der Waals surface area contributed by atoms with E-state index in [9.17, 15) is 9.59 Å². The van der Waals surface area contributed by atoms with Crippen LogP contribution in [0.25, 0.3) is 0 Å². The summed E-state index contributed by atoms with van der Waals surface area (Å²) in [5.74, 6) is -0.0868. The van der Waals surface area contributed by atoms with Gasteiger partial charge in [-0.2, -0.15) is 0 Å². The van der Waals surface area contributed by atoms with E-state index in [2.05, 4.69) is 12.1 Å². The average Bonchev–Trinajstić information content (AvgIpc) is 3.03. The van der Waals surface area contributed by atoms with Gasteiger partial charge < -0.3 is 9.80 Å². The molecule has 0 aromatic heterocycles. The van der Waals surface area contributed by atoms with E-state index in [4.69, 9.17) is 0 Å². The van der Waals surface area contributed by atoms with Crippen molar-refractivity contribution in [2.24, 2.45) is 5.92 Å². The van der Waals surface area contributed by atoms with Crippen molar-refractivity contribution in [1.82, 2.24) is 4.90 Å². The smallest absolute Gasteiger partial charge is 0.228 e. The summed E-state index contributed by atoms with van der Waals surface area (Å²) in [6.45, 7) is 1.89. The predicted octanol–water partition coefficient (Wildman–Crippen LogP) is 2.62. The van der Waals surface area contributed by atoms with Gasteiger partial charge in [0.25, 0.3) is 0 Å². The fourth-order valence-electron chi connectivity index (χ4n) is 3.67. The zero-order valence-corrected chi connectivity index (χ0v) is 13.5. The molecule has 4 nitrogen and oxygen atoms in total. The van der Waals surface area contributed by atoms with E-state index in [1.807, 2.05) is 47.4 Å².